The Hall–Kier alpha value is -0.763. The molecule has 0 spiro atoms. The zero-order chi connectivity index (χ0) is 10.2. The van der Waals surface area contributed by atoms with Crippen molar-refractivity contribution < 1.29 is 5.11 Å². The predicted molar refractivity (Wildman–Crippen MR) is 60.6 cm³/mol. The Kier molecular flexibility index (Phi) is 2.53. The van der Waals surface area contributed by atoms with Crippen molar-refractivity contribution in [2.45, 2.75) is 33.5 Å². The Morgan fingerprint density at radius 3 is 1.69 bits per heavy atom. The molecule has 0 heterocycles. The normalized spacial score (nSPS) is 11.8. The van der Waals surface area contributed by atoms with Crippen LogP contribution in [-0.2, 0) is 0 Å². The van der Waals surface area contributed by atoms with Gasteiger partial charge in [-0.25, -0.2) is 0 Å². The molecule has 0 saturated carbocycles. The highest BCUT2D eigenvalue weighted by Crippen LogP contribution is 2.16. The zero-order valence-electron chi connectivity index (χ0n) is 9.10. The maximum Gasteiger partial charge on any atom is 0.116 e. The maximum atomic E-state index is 9.40. The van der Waals surface area contributed by atoms with Crippen LogP contribution in [0.5, 0.6) is 5.75 Å². The summed E-state index contributed by atoms with van der Waals surface area (Å²) in [5.74, 6) is 0.386. The highest BCUT2D eigenvalue weighted by Gasteiger charge is 2.21. The van der Waals surface area contributed by atoms with Crippen molar-refractivity contribution in [3.05, 3.63) is 23.3 Å². The molecule has 0 fully saturated rings. The molecule has 1 aromatic carbocycles. The molecule has 13 heavy (non-hydrogen) atoms. The van der Waals surface area contributed by atoms with E-state index in [1.807, 2.05) is 12.1 Å². The van der Waals surface area contributed by atoms with Crippen molar-refractivity contribution in [1.82, 2.24) is 0 Å². The van der Waals surface area contributed by atoms with Crippen molar-refractivity contribution in [1.29, 1.82) is 0 Å². The van der Waals surface area contributed by atoms with E-state index in [1.54, 1.807) is 0 Å². The molecule has 0 bridgehead atoms. The lowest BCUT2D eigenvalue weighted by molar-refractivity contribution is 0.474. The summed E-state index contributed by atoms with van der Waals surface area (Å²) >= 11 is 0. The Morgan fingerprint density at radius 1 is 1.00 bits per heavy atom. The van der Waals surface area contributed by atoms with Gasteiger partial charge < -0.3 is 5.11 Å². The van der Waals surface area contributed by atoms with Crippen molar-refractivity contribution in [3.63, 3.8) is 0 Å². The zero-order valence-corrected chi connectivity index (χ0v) is 10.1. The number of phenolic OH excluding ortho intramolecular Hbond substituents is 1. The fraction of sp³-hybridized carbons (Fsp3) is 0.455. The first-order valence-electron chi connectivity index (χ1n) is 4.63. The van der Waals surface area contributed by atoms with Gasteiger partial charge in [-0.05, 0) is 37.1 Å². The fourth-order valence-electron chi connectivity index (χ4n) is 2.12. The summed E-state index contributed by atoms with van der Waals surface area (Å²) in [6.45, 7) is 11.2. The minimum absolute atomic E-state index is 0.386. The van der Waals surface area contributed by atoms with Gasteiger partial charge in [0.1, 0.15) is 5.75 Å². The molecule has 0 amide bonds. The van der Waals surface area contributed by atoms with E-state index < -0.39 is 8.07 Å². The standard InChI is InChI=1S/C11H18OSi/c1-8-6-10(12)7-9(2)11(8)13(3,4)5/h6-7,12H,1-5H3. The molecule has 0 aliphatic carbocycles. The third-order valence-electron chi connectivity index (χ3n) is 2.27. The van der Waals surface area contributed by atoms with Crippen LogP contribution >= 0.6 is 0 Å². The second-order valence-corrected chi connectivity index (χ2v) is 9.70. The Balaban J connectivity index is 3.38. The van der Waals surface area contributed by atoms with Gasteiger partial charge in [0.25, 0.3) is 0 Å². The van der Waals surface area contributed by atoms with Crippen molar-refractivity contribution in [2.75, 3.05) is 0 Å². The van der Waals surface area contributed by atoms with E-state index in [4.69, 9.17) is 0 Å². The van der Waals surface area contributed by atoms with E-state index >= 15 is 0 Å². The monoisotopic (exact) mass is 194 g/mol. The van der Waals surface area contributed by atoms with Gasteiger partial charge >= 0.3 is 0 Å². The fourth-order valence-corrected chi connectivity index (χ4v) is 4.63. The first-order chi connectivity index (χ1) is 5.82. The predicted octanol–water partition coefficient (Wildman–Crippen LogP) is 2.55. The molecule has 0 saturated heterocycles. The van der Waals surface area contributed by atoms with Crippen LogP contribution in [0.15, 0.2) is 12.1 Å². The summed E-state index contributed by atoms with van der Waals surface area (Å²) in [5.41, 5.74) is 2.47. The van der Waals surface area contributed by atoms with Gasteiger partial charge in [0.15, 0.2) is 0 Å². The van der Waals surface area contributed by atoms with Gasteiger partial charge in [-0.3, -0.25) is 0 Å². The smallest absolute Gasteiger partial charge is 0.116 e. The molecule has 1 rings (SSSR count). The van der Waals surface area contributed by atoms with E-state index in [0.29, 0.717) is 5.75 Å². The van der Waals surface area contributed by atoms with Crippen molar-refractivity contribution in [2.24, 2.45) is 0 Å². The topological polar surface area (TPSA) is 20.2 Å². The highest BCUT2D eigenvalue weighted by atomic mass is 28.3. The maximum absolute atomic E-state index is 9.40. The summed E-state index contributed by atoms with van der Waals surface area (Å²) in [6, 6.07) is 3.72. The van der Waals surface area contributed by atoms with Gasteiger partial charge in [-0.15, -0.1) is 0 Å². The number of aromatic hydroxyl groups is 1. The SMILES string of the molecule is Cc1cc(O)cc(C)c1[Si](C)(C)C. The molecular weight excluding hydrogens is 176 g/mol. The Labute approximate surface area is 81.4 Å². The second-order valence-electron chi connectivity index (χ2n) is 4.70. The number of benzene rings is 1. The third-order valence-corrected chi connectivity index (χ3v) is 4.56. The summed E-state index contributed by atoms with van der Waals surface area (Å²) in [5, 5.41) is 10.9. The number of aryl methyl sites for hydroxylation is 2. The van der Waals surface area contributed by atoms with Crippen molar-refractivity contribution >= 4 is 13.3 Å². The molecular formula is C11H18OSi. The molecule has 2 heteroatoms. The molecule has 0 aliphatic heterocycles. The van der Waals surface area contributed by atoms with Gasteiger partial charge in [0.2, 0.25) is 0 Å². The number of hydrogen-bond acceptors (Lipinski definition) is 1. The summed E-state index contributed by atoms with van der Waals surface area (Å²) in [4.78, 5) is 0. The van der Waals surface area contributed by atoms with E-state index in [2.05, 4.69) is 33.5 Å². The molecule has 0 radical (unpaired) electrons. The first kappa shape index (κ1) is 10.3. The van der Waals surface area contributed by atoms with Gasteiger partial charge in [-0.1, -0.05) is 24.8 Å². The van der Waals surface area contributed by atoms with E-state index in [1.165, 1.54) is 16.3 Å². The van der Waals surface area contributed by atoms with Gasteiger partial charge in [0, 0.05) is 0 Å². The summed E-state index contributed by atoms with van der Waals surface area (Å²) in [6.07, 6.45) is 0. The third kappa shape index (κ3) is 2.13. The lowest BCUT2D eigenvalue weighted by atomic mass is 10.1. The molecule has 0 atom stereocenters. The minimum atomic E-state index is -1.26. The number of phenols is 1. The molecule has 1 aromatic rings. The lowest BCUT2D eigenvalue weighted by Crippen LogP contribution is -2.41. The van der Waals surface area contributed by atoms with E-state index in [9.17, 15) is 5.11 Å². The van der Waals surface area contributed by atoms with Crippen LogP contribution in [0.3, 0.4) is 0 Å². The molecule has 1 nitrogen and oxygen atoms in total. The van der Waals surface area contributed by atoms with Crippen LogP contribution in [0.25, 0.3) is 0 Å². The average molecular weight is 194 g/mol. The molecule has 72 valence electrons. The summed E-state index contributed by atoms with van der Waals surface area (Å²) < 4.78 is 0. The minimum Gasteiger partial charge on any atom is -0.508 e. The Morgan fingerprint density at radius 2 is 1.38 bits per heavy atom. The van der Waals surface area contributed by atoms with E-state index in [0.717, 1.165) is 0 Å². The second kappa shape index (κ2) is 3.18. The van der Waals surface area contributed by atoms with Gasteiger partial charge in [-0.2, -0.15) is 0 Å². The number of hydrogen-bond donors (Lipinski definition) is 1. The number of rotatable bonds is 1. The summed E-state index contributed by atoms with van der Waals surface area (Å²) in [7, 11) is -1.26. The van der Waals surface area contributed by atoms with E-state index in [-0.39, 0.29) is 0 Å². The Bertz CT molecular complexity index is 300. The highest BCUT2D eigenvalue weighted by molar-refractivity contribution is 6.89. The average Bonchev–Trinajstić information content (AvgIpc) is 1.78. The van der Waals surface area contributed by atoms with Crippen LogP contribution in [0, 0.1) is 13.8 Å². The van der Waals surface area contributed by atoms with Gasteiger partial charge in [0.05, 0.1) is 8.07 Å². The van der Waals surface area contributed by atoms with Crippen LogP contribution in [0.2, 0.25) is 19.6 Å². The van der Waals surface area contributed by atoms with Crippen LogP contribution in [0.4, 0.5) is 0 Å². The van der Waals surface area contributed by atoms with Crippen molar-refractivity contribution in [3.8, 4) is 5.75 Å². The van der Waals surface area contributed by atoms with Crippen LogP contribution in [0.1, 0.15) is 11.1 Å². The molecule has 0 aliphatic rings. The quantitative estimate of drug-likeness (QED) is 0.681. The lowest BCUT2D eigenvalue weighted by Gasteiger charge is -2.22. The first-order valence-corrected chi connectivity index (χ1v) is 8.13. The van der Waals surface area contributed by atoms with Crippen LogP contribution < -0.4 is 5.19 Å². The largest absolute Gasteiger partial charge is 0.508 e. The molecule has 1 N–H and O–H groups in total. The van der Waals surface area contributed by atoms with Crippen LogP contribution in [-0.4, -0.2) is 13.2 Å². The molecule has 0 unspecified atom stereocenters. The molecule has 0 aromatic heterocycles.